The van der Waals surface area contributed by atoms with E-state index in [1.54, 1.807) is 30.3 Å². The number of carbonyl (C=O) groups excluding carboxylic acids is 2. The quantitative estimate of drug-likeness (QED) is 0.536. The highest BCUT2D eigenvalue weighted by molar-refractivity contribution is 8.18. The van der Waals surface area contributed by atoms with Gasteiger partial charge < -0.3 is 10.1 Å². The van der Waals surface area contributed by atoms with Gasteiger partial charge >= 0.3 is 0 Å². The van der Waals surface area contributed by atoms with Crippen molar-refractivity contribution >= 4 is 81.2 Å². The maximum atomic E-state index is 12.1. The van der Waals surface area contributed by atoms with Crippen molar-refractivity contribution in [3.05, 3.63) is 66.5 Å². The second-order valence-corrected chi connectivity index (χ2v) is 8.56. The molecule has 2 aromatic rings. The lowest BCUT2D eigenvalue weighted by atomic mass is 10.1. The third-order valence-electron chi connectivity index (χ3n) is 3.61. The molecule has 1 aliphatic rings. The zero-order chi connectivity index (χ0) is 21.1. The molecule has 0 aromatic heterocycles. The van der Waals surface area contributed by atoms with Crippen molar-refractivity contribution in [3.8, 4) is 5.75 Å². The highest BCUT2D eigenvalue weighted by atomic mass is 35.5. The normalized spacial score (nSPS) is 14.9. The number of hydrogen-bond donors (Lipinski definition) is 1. The summed E-state index contributed by atoms with van der Waals surface area (Å²) in [6.07, 6.45) is 1.56. The lowest BCUT2D eigenvalue weighted by molar-refractivity contribution is -0.117. The first-order chi connectivity index (χ1) is 13.7. The van der Waals surface area contributed by atoms with E-state index in [1.807, 2.05) is 0 Å². The minimum Gasteiger partial charge on any atom is -0.487 e. The predicted molar refractivity (Wildman–Crippen MR) is 119 cm³/mol. The molecule has 3 rings (SSSR count). The maximum absolute atomic E-state index is 12.1. The molecule has 150 valence electrons. The number of nitrogens with zero attached hydrogens (tertiary/aromatic N) is 1. The Morgan fingerprint density at radius 3 is 2.55 bits per heavy atom. The topological polar surface area (TPSA) is 67.8 Å². The number of hydrogen-bond acceptors (Lipinski definition) is 4. The molecule has 0 aliphatic carbocycles. The lowest BCUT2D eigenvalue weighted by Crippen LogP contribution is -2.23. The summed E-state index contributed by atoms with van der Waals surface area (Å²) in [7, 11) is 0. The molecule has 0 atom stereocenters. The Labute approximate surface area is 191 Å². The maximum Gasteiger partial charge on any atom is 0.286 e. The summed E-state index contributed by atoms with van der Waals surface area (Å²) in [6, 6.07) is 8.21. The van der Waals surface area contributed by atoms with Crippen molar-refractivity contribution in [2.24, 2.45) is 4.99 Å². The first kappa shape index (κ1) is 22.0. The first-order valence-corrected chi connectivity index (χ1v) is 10.4. The van der Waals surface area contributed by atoms with Gasteiger partial charge in [0.1, 0.15) is 12.4 Å². The summed E-state index contributed by atoms with van der Waals surface area (Å²) in [5.74, 6) is -0.475. The highest BCUT2D eigenvalue weighted by Crippen LogP contribution is 2.37. The molecule has 29 heavy (non-hydrogen) atoms. The van der Waals surface area contributed by atoms with Crippen LogP contribution in [-0.4, -0.2) is 17.0 Å². The molecule has 0 unspecified atom stereocenters. The predicted octanol–water partition coefficient (Wildman–Crippen LogP) is 5.99. The molecule has 1 N–H and O–H groups in total. The molecule has 2 aromatic carbocycles. The van der Waals surface area contributed by atoms with E-state index in [4.69, 9.17) is 51.1 Å². The van der Waals surface area contributed by atoms with Crippen LogP contribution >= 0.6 is 58.2 Å². The van der Waals surface area contributed by atoms with Crippen molar-refractivity contribution < 1.29 is 14.3 Å². The summed E-state index contributed by atoms with van der Waals surface area (Å²) in [5, 5.41) is 4.31. The van der Waals surface area contributed by atoms with Crippen LogP contribution in [0.15, 0.2) is 40.2 Å². The van der Waals surface area contributed by atoms with Crippen molar-refractivity contribution in [3.63, 3.8) is 0 Å². The number of amides is 2. The number of thioether (sulfide) groups is 1. The van der Waals surface area contributed by atoms with Crippen LogP contribution < -0.4 is 10.1 Å². The number of amidine groups is 1. The standard InChI is InChI=1S/C19H12Cl4N2O3S/c1-9(26)24-19-25-18(27)16(29-19)5-11-4-13(21)7-15(23)17(11)28-8-10-2-3-12(20)6-14(10)22/h2-7H,8H2,1H3,(H,24,25,26,27)/b16-5+. The average molecular weight is 490 g/mol. The van der Waals surface area contributed by atoms with Gasteiger partial charge in [-0.25, -0.2) is 0 Å². The highest BCUT2D eigenvalue weighted by Gasteiger charge is 2.23. The lowest BCUT2D eigenvalue weighted by Gasteiger charge is -2.13. The molecule has 0 spiro atoms. The van der Waals surface area contributed by atoms with Crippen LogP contribution in [0.4, 0.5) is 0 Å². The summed E-state index contributed by atoms with van der Waals surface area (Å²) >= 11 is 25.6. The van der Waals surface area contributed by atoms with Gasteiger partial charge in [0.15, 0.2) is 5.17 Å². The average Bonchev–Trinajstić information content (AvgIpc) is 2.94. The van der Waals surface area contributed by atoms with E-state index >= 15 is 0 Å². The number of aliphatic imine (C=N–C) groups is 1. The van der Waals surface area contributed by atoms with Crippen molar-refractivity contribution in [2.75, 3.05) is 0 Å². The largest absolute Gasteiger partial charge is 0.487 e. The van der Waals surface area contributed by atoms with Gasteiger partial charge in [-0.05, 0) is 42.1 Å². The number of ether oxygens (including phenoxy) is 1. The van der Waals surface area contributed by atoms with Crippen LogP contribution in [0, 0.1) is 0 Å². The number of carbonyl (C=O) groups is 2. The molecular weight excluding hydrogens is 478 g/mol. The summed E-state index contributed by atoms with van der Waals surface area (Å²) < 4.78 is 5.88. The third kappa shape index (κ3) is 5.68. The van der Waals surface area contributed by atoms with E-state index in [-0.39, 0.29) is 22.7 Å². The molecule has 5 nitrogen and oxygen atoms in total. The van der Waals surface area contributed by atoms with Gasteiger partial charge in [0.05, 0.1) is 9.93 Å². The molecule has 0 saturated carbocycles. The number of benzene rings is 2. The monoisotopic (exact) mass is 488 g/mol. The van der Waals surface area contributed by atoms with Gasteiger partial charge in [0.25, 0.3) is 5.91 Å². The Morgan fingerprint density at radius 1 is 1.14 bits per heavy atom. The second-order valence-electron chi connectivity index (χ2n) is 5.84. The van der Waals surface area contributed by atoms with Gasteiger partial charge in [-0.1, -0.05) is 52.5 Å². The van der Waals surface area contributed by atoms with Crippen molar-refractivity contribution in [2.45, 2.75) is 13.5 Å². The fourth-order valence-corrected chi connectivity index (χ4v) is 4.26. The van der Waals surface area contributed by atoms with Crippen LogP contribution in [0.5, 0.6) is 5.75 Å². The van der Waals surface area contributed by atoms with E-state index < -0.39 is 5.91 Å². The van der Waals surface area contributed by atoms with Crippen LogP contribution in [0.2, 0.25) is 20.1 Å². The van der Waals surface area contributed by atoms with Gasteiger partial charge in [-0.3, -0.25) is 9.59 Å². The van der Waals surface area contributed by atoms with E-state index in [9.17, 15) is 9.59 Å². The Balaban J connectivity index is 1.88. The van der Waals surface area contributed by atoms with E-state index in [0.29, 0.717) is 36.8 Å². The van der Waals surface area contributed by atoms with Gasteiger partial charge in [0.2, 0.25) is 5.91 Å². The van der Waals surface area contributed by atoms with Crippen molar-refractivity contribution in [1.82, 2.24) is 5.32 Å². The number of nitrogens with one attached hydrogen (secondary N) is 1. The molecule has 0 saturated heterocycles. The minimum absolute atomic E-state index is 0.127. The molecule has 0 fully saturated rings. The van der Waals surface area contributed by atoms with Gasteiger partial charge in [0, 0.05) is 33.1 Å². The number of halogens is 4. The summed E-state index contributed by atoms with van der Waals surface area (Å²) in [6.45, 7) is 1.46. The Morgan fingerprint density at radius 2 is 1.86 bits per heavy atom. The first-order valence-electron chi connectivity index (χ1n) is 8.09. The third-order valence-corrected chi connectivity index (χ3v) is 5.60. The van der Waals surface area contributed by atoms with Crippen LogP contribution in [0.1, 0.15) is 18.1 Å². The minimum atomic E-state index is -0.485. The zero-order valence-corrected chi connectivity index (χ0v) is 18.6. The Hall–Kier alpha value is -1.70. The zero-order valence-electron chi connectivity index (χ0n) is 14.8. The van der Waals surface area contributed by atoms with E-state index in [0.717, 1.165) is 11.8 Å². The fraction of sp³-hybridized carbons (Fsp3) is 0.105. The van der Waals surface area contributed by atoms with Crippen LogP contribution in [0.3, 0.4) is 0 Å². The molecule has 1 aliphatic heterocycles. The number of rotatable bonds is 4. The second kappa shape index (κ2) is 9.41. The Kier molecular flexibility index (Phi) is 7.14. The molecule has 0 bridgehead atoms. The molecule has 1 heterocycles. The molecule has 2 amide bonds. The Bertz CT molecular complexity index is 1070. The van der Waals surface area contributed by atoms with E-state index in [1.165, 1.54) is 13.0 Å². The molecule has 10 heteroatoms. The van der Waals surface area contributed by atoms with Gasteiger partial charge in [-0.2, -0.15) is 4.99 Å². The van der Waals surface area contributed by atoms with Crippen LogP contribution in [-0.2, 0) is 16.2 Å². The van der Waals surface area contributed by atoms with Crippen LogP contribution in [0.25, 0.3) is 6.08 Å². The van der Waals surface area contributed by atoms with E-state index in [2.05, 4.69) is 10.3 Å². The molecular formula is C19H12Cl4N2O3S. The smallest absolute Gasteiger partial charge is 0.286 e. The fourth-order valence-electron chi connectivity index (χ4n) is 2.38. The van der Waals surface area contributed by atoms with Crippen molar-refractivity contribution in [1.29, 1.82) is 0 Å². The SMILES string of the molecule is CC(=O)NC1=NC(=O)/C(=C\c2cc(Cl)cc(Cl)c2OCc2ccc(Cl)cc2Cl)S1. The molecule has 0 radical (unpaired) electrons. The van der Waals surface area contributed by atoms with Gasteiger partial charge in [-0.15, -0.1) is 0 Å². The summed E-state index contributed by atoms with van der Waals surface area (Å²) in [4.78, 5) is 27.4. The summed E-state index contributed by atoms with van der Waals surface area (Å²) in [5.41, 5.74) is 1.20.